The molecule has 0 spiro atoms. The van der Waals surface area contributed by atoms with E-state index >= 15 is 0 Å². The molecule has 7 nitrogen and oxygen atoms in total. The van der Waals surface area contributed by atoms with Gasteiger partial charge >= 0.3 is 12.0 Å². The molecule has 1 aliphatic rings. The summed E-state index contributed by atoms with van der Waals surface area (Å²) >= 11 is 0. The lowest BCUT2D eigenvalue weighted by molar-refractivity contribution is -0.139. The number of sulfone groups is 1. The molecule has 1 rings (SSSR count). The van der Waals surface area contributed by atoms with Crippen LogP contribution in [0.3, 0.4) is 0 Å². The van der Waals surface area contributed by atoms with E-state index < -0.39 is 27.4 Å². The summed E-state index contributed by atoms with van der Waals surface area (Å²) in [5, 5.41) is 14.4. The van der Waals surface area contributed by atoms with Crippen molar-refractivity contribution >= 4 is 21.8 Å². The van der Waals surface area contributed by atoms with Crippen LogP contribution in [0.2, 0.25) is 0 Å². The molecule has 0 aromatic carbocycles. The summed E-state index contributed by atoms with van der Waals surface area (Å²) in [6.45, 7) is 0.252. The zero-order valence-electron chi connectivity index (χ0n) is 12.4. The molecule has 1 fully saturated rings. The molecule has 21 heavy (non-hydrogen) atoms. The van der Waals surface area contributed by atoms with Crippen LogP contribution in [-0.4, -0.2) is 49.6 Å². The van der Waals surface area contributed by atoms with Gasteiger partial charge in [-0.05, 0) is 19.3 Å². The van der Waals surface area contributed by atoms with E-state index in [2.05, 4.69) is 10.6 Å². The molecule has 2 amide bonds. The third-order valence-electron chi connectivity index (χ3n) is 3.66. The van der Waals surface area contributed by atoms with Crippen molar-refractivity contribution in [2.45, 2.75) is 50.5 Å². The average Bonchev–Trinajstić information content (AvgIpc) is 2.33. The van der Waals surface area contributed by atoms with Gasteiger partial charge < -0.3 is 15.7 Å². The third kappa shape index (κ3) is 7.31. The minimum absolute atomic E-state index is 0.0214. The van der Waals surface area contributed by atoms with Gasteiger partial charge in [-0.15, -0.1) is 0 Å². The van der Waals surface area contributed by atoms with Crippen LogP contribution in [0.5, 0.6) is 0 Å². The topological polar surface area (TPSA) is 113 Å². The second kappa shape index (κ2) is 7.63. The van der Waals surface area contributed by atoms with E-state index in [1.165, 1.54) is 0 Å². The first-order valence-electron chi connectivity index (χ1n) is 7.18. The molecule has 0 bridgehead atoms. The highest BCUT2D eigenvalue weighted by molar-refractivity contribution is 7.90. The normalized spacial score (nSPS) is 18.0. The molecule has 0 aromatic heterocycles. The maximum atomic E-state index is 11.9. The van der Waals surface area contributed by atoms with E-state index in [1.807, 2.05) is 0 Å². The summed E-state index contributed by atoms with van der Waals surface area (Å²) < 4.78 is 21.9. The van der Waals surface area contributed by atoms with Gasteiger partial charge in [-0.1, -0.05) is 19.3 Å². The maximum Gasteiger partial charge on any atom is 0.315 e. The molecular weight excluding hydrogens is 296 g/mol. The first-order valence-corrected chi connectivity index (χ1v) is 9.24. The van der Waals surface area contributed by atoms with Crippen molar-refractivity contribution < 1.29 is 23.1 Å². The number of urea groups is 1. The number of aliphatic carboxylic acids is 1. The smallest absolute Gasteiger partial charge is 0.315 e. The minimum atomic E-state index is -3.03. The quantitative estimate of drug-likeness (QED) is 0.603. The van der Waals surface area contributed by atoms with E-state index in [0.29, 0.717) is 19.3 Å². The van der Waals surface area contributed by atoms with Crippen molar-refractivity contribution in [3.63, 3.8) is 0 Å². The van der Waals surface area contributed by atoms with Gasteiger partial charge in [-0.2, -0.15) is 0 Å². The van der Waals surface area contributed by atoms with Crippen LogP contribution in [0.25, 0.3) is 0 Å². The highest BCUT2D eigenvalue weighted by Crippen LogP contribution is 2.31. The van der Waals surface area contributed by atoms with E-state index in [1.54, 1.807) is 0 Å². The Kier molecular flexibility index (Phi) is 6.44. The number of nitrogens with one attached hydrogen (secondary N) is 2. The fourth-order valence-electron chi connectivity index (χ4n) is 2.69. The average molecular weight is 320 g/mol. The van der Waals surface area contributed by atoms with Crippen molar-refractivity contribution in [1.29, 1.82) is 0 Å². The SMILES string of the molecule is CS(=O)(=O)CCCNC(=O)NC1(CC(=O)O)CCCCC1. The van der Waals surface area contributed by atoms with Gasteiger partial charge in [-0.25, -0.2) is 13.2 Å². The lowest BCUT2D eigenvalue weighted by Crippen LogP contribution is -2.54. The highest BCUT2D eigenvalue weighted by atomic mass is 32.2. The monoisotopic (exact) mass is 320 g/mol. The summed E-state index contributed by atoms with van der Waals surface area (Å²) in [5.41, 5.74) is -0.676. The lowest BCUT2D eigenvalue weighted by Gasteiger charge is -2.36. The number of rotatable bonds is 7. The first-order chi connectivity index (χ1) is 9.72. The first kappa shape index (κ1) is 17.7. The number of hydrogen-bond donors (Lipinski definition) is 3. The van der Waals surface area contributed by atoms with Gasteiger partial charge in [-0.3, -0.25) is 4.79 Å². The Morgan fingerprint density at radius 3 is 2.33 bits per heavy atom. The maximum absolute atomic E-state index is 11.9. The van der Waals surface area contributed by atoms with Gasteiger partial charge in [0.15, 0.2) is 0 Å². The van der Waals surface area contributed by atoms with Crippen LogP contribution in [0.15, 0.2) is 0 Å². The number of amides is 2. The second-order valence-corrected chi connectivity index (χ2v) is 8.04. The van der Waals surface area contributed by atoms with Crippen LogP contribution in [0, 0.1) is 0 Å². The minimum Gasteiger partial charge on any atom is -0.481 e. The summed E-state index contributed by atoms with van der Waals surface area (Å²) in [7, 11) is -3.03. The largest absolute Gasteiger partial charge is 0.481 e. The van der Waals surface area contributed by atoms with Gasteiger partial charge in [0.1, 0.15) is 9.84 Å². The summed E-state index contributed by atoms with van der Waals surface area (Å²) in [5.74, 6) is -0.901. The number of hydrogen-bond acceptors (Lipinski definition) is 4. The Hall–Kier alpha value is -1.31. The van der Waals surface area contributed by atoms with Crippen molar-refractivity contribution in [2.24, 2.45) is 0 Å². The van der Waals surface area contributed by atoms with Crippen LogP contribution in [0.1, 0.15) is 44.9 Å². The predicted octanol–water partition coefficient (Wildman–Crippen LogP) is 0.898. The van der Waals surface area contributed by atoms with Gasteiger partial charge in [0.25, 0.3) is 0 Å². The van der Waals surface area contributed by atoms with Crippen molar-refractivity contribution in [3.8, 4) is 0 Å². The fourth-order valence-corrected chi connectivity index (χ4v) is 3.35. The van der Waals surface area contributed by atoms with Crippen LogP contribution >= 0.6 is 0 Å². The lowest BCUT2D eigenvalue weighted by atomic mass is 9.79. The molecule has 0 heterocycles. The zero-order valence-corrected chi connectivity index (χ0v) is 13.2. The van der Waals surface area contributed by atoms with E-state index in [4.69, 9.17) is 5.11 Å². The molecular formula is C13H24N2O5S. The fraction of sp³-hybridized carbons (Fsp3) is 0.846. The van der Waals surface area contributed by atoms with Gasteiger partial charge in [0, 0.05) is 12.8 Å². The van der Waals surface area contributed by atoms with Crippen LogP contribution < -0.4 is 10.6 Å². The molecule has 0 atom stereocenters. The van der Waals surface area contributed by atoms with E-state index in [-0.39, 0.29) is 18.7 Å². The van der Waals surface area contributed by atoms with Gasteiger partial charge in [0.05, 0.1) is 17.7 Å². The predicted molar refractivity (Wildman–Crippen MR) is 78.9 cm³/mol. The Balaban J connectivity index is 2.43. The number of carbonyl (C=O) groups excluding carboxylic acids is 1. The van der Waals surface area contributed by atoms with E-state index in [0.717, 1.165) is 25.5 Å². The molecule has 122 valence electrons. The molecule has 0 aromatic rings. The molecule has 0 saturated heterocycles. The van der Waals surface area contributed by atoms with Crippen LogP contribution in [0.4, 0.5) is 4.79 Å². The summed E-state index contributed by atoms with van der Waals surface area (Å²) in [6.07, 6.45) is 5.60. The standard InChI is InChI=1S/C13H24N2O5S/c1-21(19,20)9-5-8-14-12(18)15-13(10-11(16)17)6-3-2-4-7-13/h2-10H2,1H3,(H,16,17)(H2,14,15,18). The van der Waals surface area contributed by atoms with E-state index in [9.17, 15) is 18.0 Å². The molecule has 3 N–H and O–H groups in total. The van der Waals surface area contributed by atoms with Crippen molar-refractivity contribution in [3.05, 3.63) is 0 Å². The molecule has 0 unspecified atom stereocenters. The van der Waals surface area contributed by atoms with Crippen molar-refractivity contribution in [2.75, 3.05) is 18.6 Å². The van der Waals surface area contributed by atoms with Crippen LogP contribution in [-0.2, 0) is 14.6 Å². The molecule has 0 aliphatic heterocycles. The Bertz CT molecular complexity index is 469. The summed E-state index contributed by atoms with van der Waals surface area (Å²) in [6, 6.07) is -0.424. The number of carboxylic acids is 1. The Morgan fingerprint density at radius 1 is 1.19 bits per heavy atom. The highest BCUT2D eigenvalue weighted by Gasteiger charge is 2.35. The third-order valence-corrected chi connectivity index (χ3v) is 4.69. The Labute approximate surface area is 125 Å². The molecule has 1 aliphatic carbocycles. The zero-order chi connectivity index (χ0) is 15.9. The van der Waals surface area contributed by atoms with Gasteiger partial charge in [0.2, 0.25) is 0 Å². The van der Waals surface area contributed by atoms with Crippen molar-refractivity contribution in [1.82, 2.24) is 10.6 Å². The molecule has 0 radical (unpaired) electrons. The Morgan fingerprint density at radius 2 is 1.81 bits per heavy atom. The number of carboxylic acid groups (broad SMARTS) is 1. The molecule has 1 saturated carbocycles. The molecule has 8 heteroatoms. The second-order valence-electron chi connectivity index (χ2n) is 5.78. The number of carbonyl (C=O) groups is 2. The summed E-state index contributed by atoms with van der Waals surface area (Å²) in [4.78, 5) is 22.8.